The summed E-state index contributed by atoms with van der Waals surface area (Å²) in [4.78, 5) is 0. The van der Waals surface area contributed by atoms with Crippen molar-refractivity contribution >= 4 is 43.5 Å². The van der Waals surface area contributed by atoms with Crippen molar-refractivity contribution in [3.05, 3.63) is 32.2 Å². The second-order valence-electron chi connectivity index (χ2n) is 7.77. The second-order valence-corrected chi connectivity index (χ2v) is 9.91. The Bertz CT molecular complexity index is 546. The maximum atomic E-state index is 7.11. The zero-order chi connectivity index (χ0) is 14.8. The molecule has 4 fully saturated rings. The summed E-state index contributed by atoms with van der Waals surface area (Å²) < 4.78 is 2.36. The van der Waals surface area contributed by atoms with E-state index in [4.69, 9.17) is 11.6 Å². The van der Waals surface area contributed by atoms with Crippen LogP contribution in [0.4, 0.5) is 0 Å². The van der Waals surface area contributed by atoms with Gasteiger partial charge in [-0.1, -0.05) is 31.9 Å². The maximum absolute atomic E-state index is 7.11. The molecule has 1 atom stereocenters. The molecule has 0 nitrogen and oxygen atoms in total. The minimum atomic E-state index is 0.150. The lowest BCUT2D eigenvalue weighted by Gasteiger charge is -2.58. The molecule has 0 heterocycles. The molecule has 4 aliphatic carbocycles. The molecule has 0 aromatic heterocycles. The molecule has 0 radical (unpaired) electrons. The van der Waals surface area contributed by atoms with Crippen LogP contribution in [-0.2, 0) is 0 Å². The summed E-state index contributed by atoms with van der Waals surface area (Å²) in [7, 11) is 0. The van der Waals surface area contributed by atoms with Crippen molar-refractivity contribution in [2.24, 2.45) is 23.2 Å². The summed E-state index contributed by atoms with van der Waals surface area (Å²) in [5.41, 5.74) is 2.91. The largest absolute Gasteiger partial charge is 0.117 e. The van der Waals surface area contributed by atoms with Crippen LogP contribution in [0.25, 0.3) is 0 Å². The van der Waals surface area contributed by atoms with E-state index >= 15 is 0 Å². The summed E-state index contributed by atoms with van der Waals surface area (Å²) in [5.74, 6) is 2.85. The van der Waals surface area contributed by atoms with Gasteiger partial charge in [0.15, 0.2) is 0 Å². The Labute approximate surface area is 149 Å². The van der Waals surface area contributed by atoms with Gasteiger partial charge in [0.25, 0.3) is 0 Å². The molecule has 0 amide bonds. The van der Waals surface area contributed by atoms with Crippen LogP contribution in [0.1, 0.15) is 55.0 Å². The molecule has 0 spiro atoms. The zero-order valence-corrected chi connectivity index (χ0v) is 16.3. The molecule has 1 aromatic carbocycles. The molecule has 1 unspecified atom stereocenters. The van der Waals surface area contributed by atoms with Gasteiger partial charge in [0, 0.05) is 8.95 Å². The molecule has 5 rings (SSSR count). The molecular weight excluding hydrogens is 411 g/mol. The lowest BCUT2D eigenvalue weighted by molar-refractivity contribution is -0.0553. The van der Waals surface area contributed by atoms with Crippen LogP contribution < -0.4 is 0 Å². The number of benzene rings is 1. The molecule has 4 saturated carbocycles. The van der Waals surface area contributed by atoms with Gasteiger partial charge in [0.1, 0.15) is 0 Å². The predicted molar refractivity (Wildman–Crippen MR) is 95.8 cm³/mol. The standard InChI is InChI=1S/C18H21Br2Cl/c1-10-2-16(20)14(6-15(10)19)17(21)18-7-11-3-12(8-18)5-13(4-11)9-18/h2,6,11-13,17H,3-5,7-9H2,1H3. The SMILES string of the molecule is Cc1cc(Br)c(C(Cl)C23CC4CC(CC(C4)C2)C3)cc1Br. The maximum Gasteiger partial charge on any atom is 0.0653 e. The van der Waals surface area contributed by atoms with E-state index in [1.165, 1.54) is 58.6 Å². The summed E-state index contributed by atoms with van der Waals surface area (Å²) >= 11 is 14.5. The van der Waals surface area contributed by atoms with E-state index in [1.54, 1.807) is 0 Å². The summed E-state index contributed by atoms with van der Waals surface area (Å²) in [6, 6.07) is 4.45. The fourth-order valence-electron chi connectivity index (χ4n) is 5.67. The van der Waals surface area contributed by atoms with Crippen molar-refractivity contribution in [3.63, 3.8) is 0 Å². The lowest BCUT2D eigenvalue weighted by Crippen LogP contribution is -2.47. The van der Waals surface area contributed by atoms with Crippen molar-refractivity contribution in [1.82, 2.24) is 0 Å². The van der Waals surface area contributed by atoms with Crippen LogP contribution in [0.3, 0.4) is 0 Å². The smallest absolute Gasteiger partial charge is 0.0653 e. The Morgan fingerprint density at radius 3 is 2.05 bits per heavy atom. The van der Waals surface area contributed by atoms with Crippen LogP contribution in [0.2, 0.25) is 0 Å². The third kappa shape index (κ3) is 2.44. The van der Waals surface area contributed by atoms with Crippen molar-refractivity contribution in [1.29, 1.82) is 0 Å². The summed E-state index contributed by atoms with van der Waals surface area (Å²) in [6.07, 6.45) is 8.48. The first-order valence-corrected chi connectivity index (χ1v) is 10.1. The van der Waals surface area contributed by atoms with Crippen LogP contribution in [-0.4, -0.2) is 0 Å². The van der Waals surface area contributed by atoms with Crippen molar-refractivity contribution in [2.75, 3.05) is 0 Å². The van der Waals surface area contributed by atoms with E-state index in [1.807, 2.05) is 0 Å². The third-order valence-electron chi connectivity index (χ3n) is 6.17. The third-order valence-corrected chi connectivity index (χ3v) is 8.41. The van der Waals surface area contributed by atoms with E-state index in [-0.39, 0.29) is 5.38 Å². The van der Waals surface area contributed by atoms with Gasteiger partial charge in [-0.05, 0) is 91.9 Å². The van der Waals surface area contributed by atoms with Crippen LogP contribution in [0, 0.1) is 30.1 Å². The van der Waals surface area contributed by atoms with Crippen molar-refractivity contribution < 1.29 is 0 Å². The minimum absolute atomic E-state index is 0.150. The monoisotopic (exact) mass is 430 g/mol. The molecule has 4 aliphatic rings. The van der Waals surface area contributed by atoms with Gasteiger partial charge in [-0.3, -0.25) is 0 Å². The Morgan fingerprint density at radius 2 is 1.52 bits per heavy atom. The van der Waals surface area contributed by atoms with Gasteiger partial charge < -0.3 is 0 Å². The first-order chi connectivity index (χ1) is 9.97. The van der Waals surface area contributed by atoms with Gasteiger partial charge in [0.2, 0.25) is 0 Å². The Balaban J connectivity index is 1.71. The van der Waals surface area contributed by atoms with E-state index in [9.17, 15) is 0 Å². The van der Waals surface area contributed by atoms with Crippen LogP contribution in [0.5, 0.6) is 0 Å². The van der Waals surface area contributed by atoms with Crippen molar-refractivity contribution in [3.8, 4) is 0 Å². The molecule has 4 bridgehead atoms. The normalized spacial score (nSPS) is 38.8. The van der Waals surface area contributed by atoms with E-state index in [0.717, 1.165) is 17.8 Å². The summed E-state index contributed by atoms with van der Waals surface area (Å²) in [5, 5.41) is 0.150. The highest BCUT2D eigenvalue weighted by Crippen LogP contribution is 2.65. The Morgan fingerprint density at radius 1 is 1.00 bits per heavy atom. The minimum Gasteiger partial charge on any atom is -0.117 e. The van der Waals surface area contributed by atoms with E-state index < -0.39 is 0 Å². The van der Waals surface area contributed by atoms with E-state index in [2.05, 4.69) is 50.9 Å². The Kier molecular flexibility index (Phi) is 3.75. The number of rotatable bonds is 2. The highest BCUT2D eigenvalue weighted by Gasteiger charge is 2.54. The fourth-order valence-corrected chi connectivity index (χ4v) is 7.30. The van der Waals surface area contributed by atoms with Crippen LogP contribution >= 0.6 is 43.5 Å². The van der Waals surface area contributed by atoms with E-state index in [0.29, 0.717) is 5.41 Å². The lowest BCUT2D eigenvalue weighted by atomic mass is 9.48. The van der Waals surface area contributed by atoms with Gasteiger partial charge >= 0.3 is 0 Å². The first-order valence-electron chi connectivity index (χ1n) is 8.06. The topological polar surface area (TPSA) is 0 Å². The number of halogens is 3. The molecule has 1 aromatic rings. The summed E-state index contributed by atoms with van der Waals surface area (Å²) in [6.45, 7) is 2.13. The predicted octanol–water partition coefficient (Wildman–Crippen LogP) is 7.02. The average Bonchev–Trinajstić information content (AvgIpc) is 2.40. The fraction of sp³-hybridized carbons (Fsp3) is 0.667. The molecular formula is C18H21Br2Cl. The van der Waals surface area contributed by atoms with Gasteiger partial charge in [-0.15, -0.1) is 11.6 Å². The van der Waals surface area contributed by atoms with Gasteiger partial charge in [-0.2, -0.15) is 0 Å². The molecule has 21 heavy (non-hydrogen) atoms. The van der Waals surface area contributed by atoms with Gasteiger partial charge in [0.05, 0.1) is 5.38 Å². The first kappa shape index (κ1) is 15.0. The number of aryl methyl sites for hydroxylation is 1. The molecule has 0 N–H and O–H groups in total. The number of hydrogen-bond donors (Lipinski definition) is 0. The molecule has 3 heteroatoms. The molecule has 0 aliphatic heterocycles. The quantitative estimate of drug-likeness (QED) is 0.441. The highest BCUT2D eigenvalue weighted by atomic mass is 79.9. The Hall–Kier alpha value is 0.470. The van der Waals surface area contributed by atoms with Gasteiger partial charge in [-0.25, -0.2) is 0 Å². The second kappa shape index (κ2) is 5.24. The molecule has 114 valence electrons. The zero-order valence-electron chi connectivity index (χ0n) is 12.3. The molecule has 0 saturated heterocycles. The van der Waals surface area contributed by atoms with Crippen molar-refractivity contribution in [2.45, 2.75) is 50.8 Å². The highest BCUT2D eigenvalue weighted by molar-refractivity contribution is 9.11. The number of hydrogen-bond acceptors (Lipinski definition) is 0. The van der Waals surface area contributed by atoms with Crippen LogP contribution in [0.15, 0.2) is 21.1 Å². The number of alkyl halides is 1. The average molecular weight is 433 g/mol.